The number of esters is 1. The van der Waals surface area contributed by atoms with Gasteiger partial charge in [0.05, 0.1) is 10.0 Å². The minimum atomic E-state index is -0.544. The normalized spacial score (nSPS) is 10.0. The summed E-state index contributed by atoms with van der Waals surface area (Å²) in [5.41, 5.74) is 0.139. The molecule has 0 aromatic heterocycles. The zero-order valence-electron chi connectivity index (χ0n) is 8.22. The lowest BCUT2D eigenvalue weighted by molar-refractivity contribution is -0.139. The van der Waals surface area contributed by atoms with Crippen molar-refractivity contribution in [2.45, 2.75) is 6.92 Å². The first-order valence-electron chi connectivity index (χ1n) is 4.23. The maximum Gasteiger partial charge on any atom is 0.303 e. The molecule has 6 heteroatoms. The van der Waals surface area contributed by atoms with Gasteiger partial charge in [-0.25, -0.2) is 0 Å². The molecule has 0 fully saturated rings. The molecule has 0 unspecified atom stereocenters. The smallest absolute Gasteiger partial charge is 0.303 e. The molecule has 3 nitrogen and oxygen atoms in total. The molecule has 0 aliphatic heterocycles. The summed E-state index contributed by atoms with van der Waals surface area (Å²) in [6, 6.07) is 2.80. The Hall–Kier alpha value is -0.770. The SMILES string of the molecule is CC(=O)OCC(=O)c1cc(Cl)cc(Cl)c1Cl. The molecule has 1 rings (SSSR count). The lowest BCUT2D eigenvalue weighted by Crippen LogP contribution is -2.12. The number of benzene rings is 1. The number of hydrogen-bond acceptors (Lipinski definition) is 3. The first kappa shape index (κ1) is 13.3. The molecule has 0 saturated heterocycles. The van der Waals surface area contributed by atoms with Gasteiger partial charge in [-0.15, -0.1) is 0 Å². The molecule has 0 saturated carbocycles. The minimum Gasteiger partial charge on any atom is -0.457 e. The van der Waals surface area contributed by atoms with Crippen LogP contribution in [0.3, 0.4) is 0 Å². The van der Waals surface area contributed by atoms with Crippen molar-refractivity contribution in [2.75, 3.05) is 6.61 Å². The molecule has 1 aromatic carbocycles. The summed E-state index contributed by atoms with van der Waals surface area (Å²) in [6.45, 7) is 0.825. The van der Waals surface area contributed by atoms with Crippen LogP contribution in [0, 0.1) is 0 Å². The Morgan fingerprint density at radius 2 is 1.88 bits per heavy atom. The standard InChI is InChI=1S/C10H7Cl3O3/c1-5(14)16-4-9(15)7-2-6(11)3-8(12)10(7)13/h2-3H,4H2,1H3. The van der Waals surface area contributed by atoms with Crippen LogP contribution in [-0.2, 0) is 9.53 Å². The first-order valence-corrected chi connectivity index (χ1v) is 5.36. The van der Waals surface area contributed by atoms with Gasteiger partial charge >= 0.3 is 5.97 Å². The fraction of sp³-hybridized carbons (Fsp3) is 0.200. The van der Waals surface area contributed by atoms with E-state index in [2.05, 4.69) is 4.74 Å². The van der Waals surface area contributed by atoms with Crippen LogP contribution >= 0.6 is 34.8 Å². The van der Waals surface area contributed by atoms with E-state index in [1.54, 1.807) is 0 Å². The van der Waals surface area contributed by atoms with Gasteiger partial charge in [0.1, 0.15) is 0 Å². The predicted molar refractivity (Wildman–Crippen MR) is 62.4 cm³/mol. The molecule has 86 valence electrons. The molecular weight excluding hydrogens is 274 g/mol. The van der Waals surface area contributed by atoms with Crippen LogP contribution in [0.2, 0.25) is 15.1 Å². The summed E-state index contributed by atoms with van der Waals surface area (Å²) in [5.74, 6) is -0.998. The van der Waals surface area contributed by atoms with Crippen molar-refractivity contribution in [3.63, 3.8) is 0 Å². The molecule has 0 aliphatic rings. The number of carbonyl (C=O) groups is 2. The van der Waals surface area contributed by atoms with E-state index in [0.717, 1.165) is 0 Å². The molecule has 16 heavy (non-hydrogen) atoms. The van der Waals surface area contributed by atoms with E-state index >= 15 is 0 Å². The number of rotatable bonds is 3. The van der Waals surface area contributed by atoms with Crippen molar-refractivity contribution in [3.8, 4) is 0 Å². The largest absolute Gasteiger partial charge is 0.457 e. The second-order valence-corrected chi connectivity index (χ2v) is 4.17. The van der Waals surface area contributed by atoms with Crippen LogP contribution in [0.5, 0.6) is 0 Å². The number of ether oxygens (including phenoxy) is 1. The highest BCUT2D eigenvalue weighted by Gasteiger charge is 2.15. The van der Waals surface area contributed by atoms with Crippen LogP contribution < -0.4 is 0 Å². The highest BCUT2D eigenvalue weighted by Crippen LogP contribution is 2.30. The van der Waals surface area contributed by atoms with E-state index in [1.807, 2.05) is 0 Å². The fourth-order valence-electron chi connectivity index (χ4n) is 1.00. The summed E-state index contributed by atoms with van der Waals surface area (Å²) < 4.78 is 4.56. The van der Waals surface area contributed by atoms with Crippen molar-refractivity contribution in [1.29, 1.82) is 0 Å². The highest BCUT2D eigenvalue weighted by molar-refractivity contribution is 6.45. The summed E-state index contributed by atoms with van der Waals surface area (Å²) in [6.07, 6.45) is 0. The van der Waals surface area contributed by atoms with E-state index in [0.29, 0.717) is 5.02 Å². The number of halogens is 3. The molecule has 0 aliphatic carbocycles. The fourth-order valence-corrected chi connectivity index (χ4v) is 1.71. The minimum absolute atomic E-state index is 0.100. The summed E-state index contributed by atoms with van der Waals surface area (Å²) >= 11 is 17.3. The van der Waals surface area contributed by atoms with Crippen molar-refractivity contribution in [2.24, 2.45) is 0 Å². The van der Waals surface area contributed by atoms with Crippen LogP contribution in [-0.4, -0.2) is 18.4 Å². The van der Waals surface area contributed by atoms with E-state index in [1.165, 1.54) is 19.1 Å². The van der Waals surface area contributed by atoms with Gasteiger partial charge in [0.15, 0.2) is 6.61 Å². The van der Waals surface area contributed by atoms with Gasteiger partial charge in [-0.1, -0.05) is 34.8 Å². The molecule has 1 aromatic rings. The average Bonchev–Trinajstić information content (AvgIpc) is 2.19. The van der Waals surface area contributed by atoms with Crippen LogP contribution in [0.4, 0.5) is 0 Å². The van der Waals surface area contributed by atoms with Crippen molar-refractivity contribution < 1.29 is 14.3 Å². The topological polar surface area (TPSA) is 43.4 Å². The Balaban J connectivity index is 2.95. The molecule has 0 atom stereocenters. The molecule has 0 bridgehead atoms. The van der Waals surface area contributed by atoms with Gasteiger partial charge < -0.3 is 4.74 Å². The van der Waals surface area contributed by atoms with E-state index in [4.69, 9.17) is 34.8 Å². The Kier molecular flexibility index (Phi) is 4.59. The van der Waals surface area contributed by atoms with Gasteiger partial charge in [-0.05, 0) is 12.1 Å². The van der Waals surface area contributed by atoms with Gasteiger partial charge in [-0.3, -0.25) is 9.59 Å². The van der Waals surface area contributed by atoms with Crippen molar-refractivity contribution in [3.05, 3.63) is 32.8 Å². The quantitative estimate of drug-likeness (QED) is 0.484. The molecule has 0 amide bonds. The molecule has 0 heterocycles. The van der Waals surface area contributed by atoms with E-state index < -0.39 is 11.8 Å². The van der Waals surface area contributed by atoms with Gasteiger partial charge in [0.2, 0.25) is 5.78 Å². The van der Waals surface area contributed by atoms with Crippen molar-refractivity contribution in [1.82, 2.24) is 0 Å². The Labute approximate surface area is 107 Å². The highest BCUT2D eigenvalue weighted by atomic mass is 35.5. The third-order valence-corrected chi connectivity index (χ3v) is 2.72. The monoisotopic (exact) mass is 280 g/mol. The summed E-state index contributed by atoms with van der Waals surface area (Å²) in [5, 5.41) is 0.573. The third-order valence-electron chi connectivity index (χ3n) is 1.70. The molecular formula is C10H7Cl3O3. The van der Waals surface area contributed by atoms with Crippen LogP contribution in [0.1, 0.15) is 17.3 Å². The Morgan fingerprint density at radius 1 is 1.25 bits per heavy atom. The number of hydrogen-bond donors (Lipinski definition) is 0. The van der Waals surface area contributed by atoms with Gasteiger partial charge in [0, 0.05) is 17.5 Å². The molecule has 0 radical (unpaired) electrons. The summed E-state index contributed by atoms with van der Waals surface area (Å²) in [4.78, 5) is 22.1. The number of Topliss-reactive ketones (excluding diaryl/α,β-unsaturated/α-hetero) is 1. The summed E-state index contributed by atoms with van der Waals surface area (Å²) in [7, 11) is 0. The maximum atomic E-state index is 11.6. The van der Waals surface area contributed by atoms with Gasteiger partial charge in [0.25, 0.3) is 0 Å². The predicted octanol–water partition coefficient (Wildman–Crippen LogP) is 3.39. The average molecular weight is 282 g/mol. The lowest BCUT2D eigenvalue weighted by Gasteiger charge is -2.06. The van der Waals surface area contributed by atoms with Crippen LogP contribution in [0.25, 0.3) is 0 Å². The van der Waals surface area contributed by atoms with Crippen molar-refractivity contribution >= 4 is 46.6 Å². The lowest BCUT2D eigenvalue weighted by atomic mass is 10.1. The Morgan fingerprint density at radius 3 is 2.44 bits per heavy atom. The zero-order valence-corrected chi connectivity index (χ0v) is 10.5. The number of carbonyl (C=O) groups excluding carboxylic acids is 2. The second-order valence-electron chi connectivity index (χ2n) is 2.95. The van der Waals surface area contributed by atoms with Gasteiger partial charge in [-0.2, -0.15) is 0 Å². The maximum absolute atomic E-state index is 11.6. The Bertz CT molecular complexity index is 443. The van der Waals surface area contributed by atoms with Crippen LogP contribution in [0.15, 0.2) is 12.1 Å². The number of ketones is 1. The zero-order chi connectivity index (χ0) is 12.3. The second kappa shape index (κ2) is 5.53. The first-order chi connectivity index (χ1) is 7.41. The van der Waals surface area contributed by atoms with E-state index in [-0.39, 0.29) is 22.2 Å². The van der Waals surface area contributed by atoms with E-state index in [9.17, 15) is 9.59 Å². The molecule has 0 spiro atoms. The molecule has 0 N–H and O–H groups in total. The third kappa shape index (κ3) is 3.37.